The van der Waals surface area contributed by atoms with Gasteiger partial charge in [0.1, 0.15) is 5.75 Å². The number of hydrogen-bond acceptors (Lipinski definition) is 2. The number of carbonyl (C=O) groups is 1. The molecule has 2 aromatic rings. The van der Waals surface area contributed by atoms with E-state index in [1.165, 1.54) is 0 Å². The largest absolute Gasteiger partial charge is 0.494 e. The Balaban J connectivity index is 1.88. The van der Waals surface area contributed by atoms with Gasteiger partial charge < -0.3 is 15.4 Å². The Morgan fingerprint density at radius 1 is 1.14 bits per heavy atom. The summed E-state index contributed by atoms with van der Waals surface area (Å²) in [7, 11) is 0. The lowest BCUT2D eigenvalue weighted by molar-refractivity contribution is 0.251. The molecule has 2 amide bonds. The molecule has 0 heterocycles. The Bertz CT molecular complexity index is 645. The van der Waals surface area contributed by atoms with Crippen molar-refractivity contribution < 1.29 is 9.53 Å². The second-order valence-corrected chi connectivity index (χ2v) is 5.27. The maximum atomic E-state index is 11.9. The number of carbonyl (C=O) groups excluding carboxylic acids is 1. The first kappa shape index (κ1) is 16.5. The standard InChI is InChI=1S/C16H16Cl2N2O2/c1-2-22-12-8-6-11(7-9-12)10-19-16(21)20-14-5-3-4-13(17)15(14)18/h3-9H,2,10H2,1H3,(H2,19,20,21). The van der Waals surface area contributed by atoms with E-state index in [0.29, 0.717) is 28.9 Å². The Labute approximate surface area is 139 Å². The van der Waals surface area contributed by atoms with Crippen molar-refractivity contribution in [2.24, 2.45) is 0 Å². The summed E-state index contributed by atoms with van der Waals surface area (Å²) < 4.78 is 5.36. The number of ether oxygens (including phenoxy) is 1. The second-order valence-electron chi connectivity index (χ2n) is 4.49. The van der Waals surface area contributed by atoms with Crippen molar-refractivity contribution in [2.45, 2.75) is 13.5 Å². The monoisotopic (exact) mass is 338 g/mol. The van der Waals surface area contributed by atoms with Crippen molar-refractivity contribution in [3.8, 4) is 5.75 Å². The lowest BCUT2D eigenvalue weighted by atomic mass is 10.2. The van der Waals surface area contributed by atoms with Crippen LogP contribution >= 0.6 is 23.2 Å². The van der Waals surface area contributed by atoms with E-state index >= 15 is 0 Å². The molecule has 0 aliphatic carbocycles. The lowest BCUT2D eigenvalue weighted by Crippen LogP contribution is -2.28. The van der Waals surface area contributed by atoms with Gasteiger partial charge in [0.05, 0.1) is 22.3 Å². The number of halogens is 2. The van der Waals surface area contributed by atoms with E-state index in [9.17, 15) is 4.79 Å². The normalized spacial score (nSPS) is 10.1. The lowest BCUT2D eigenvalue weighted by Gasteiger charge is -2.10. The fourth-order valence-corrected chi connectivity index (χ4v) is 2.17. The van der Waals surface area contributed by atoms with Crippen molar-refractivity contribution in [3.05, 3.63) is 58.1 Å². The molecule has 0 aliphatic heterocycles. The van der Waals surface area contributed by atoms with Gasteiger partial charge >= 0.3 is 6.03 Å². The van der Waals surface area contributed by atoms with Gasteiger partial charge in [-0.15, -0.1) is 0 Å². The third kappa shape index (κ3) is 4.55. The fourth-order valence-electron chi connectivity index (χ4n) is 1.82. The summed E-state index contributed by atoms with van der Waals surface area (Å²) in [5.41, 5.74) is 1.44. The quantitative estimate of drug-likeness (QED) is 0.829. The van der Waals surface area contributed by atoms with Crippen LogP contribution in [0.25, 0.3) is 0 Å². The van der Waals surface area contributed by atoms with Crippen molar-refractivity contribution in [1.82, 2.24) is 5.32 Å². The summed E-state index contributed by atoms with van der Waals surface area (Å²) in [5, 5.41) is 6.13. The summed E-state index contributed by atoms with van der Waals surface area (Å²) in [6, 6.07) is 12.2. The van der Waals surface area contributed by atoms with Crippen LogP contribution in [0.5, 0.6) is 5.75 Å². The maximum absolute atomic E-state index is 11.9. The van der Waals surface area contributed by atoms with E-state index < -0.39 is 0 Å². The highest BCUT2D eigenvalue weighted by atomic mass is 35.5. The van der Waals surface area contributed by atoms with Gasteiger partial charge in [-0.2, -0.15) is 0 Å². The zero-order valence-electron chi connectivity index (χ0n) is 12.0. The summed E-state index contributed by atoms with van der Waals surface area (Å²) in [6.45, 7) is 2.96. The molecule has 0 atom stereocenters. The van der Waals surface area contributed by atoms with Crippen LogP contribution in [0.3, 0.4) is 0 Å². The van der Waals surface area contributed by atoms with Crippen LogP contribution in [0.1, 0.15) is 12.5 Å². The Morgan fingerprint density at radius 3 is 2.55 bits per heavy atom. The summed E-state index contributed by atoms with van der Waals surface area (Å²) in [5.74, 6) is 0.807. The fraction of sp³-hybridized carbons (Fsp3) is 0.188. The van der Waals surface area contributed by atoms with Gasteiger partial charge in [-0.3, -0.25) is 0 Å². The summed E-state index contributed by atoms with van der Waals surface area (Å²) in [4.78, 5) is 11.9. The van der Waals surface area contributed by atoms with Crippen LogP contribution in [0, 0.1) is 0 Å². The van der Waals surface area contributed by atoms with E-state index in [0.717, 1.165) is 11.3 Å². The second kappa shape index (κ2) is 7.92. The van der Waals surface area contributed by atoms with E-state index in [-0.39, 0.29) is 6.03 Å². The average Bonchev–Trinajstić information content (AvgIpc) is 2.51. The van der Waals surface area contributed by atoms with Gasteiger partial charge in [-0.05, 0) is 36.8 Å². The van der Waals surface area contributed by atoms with E-state index in [4.69, 9.17) is 27.9 Å². The van der Waals surface area contributed by atoms with Crippen LogP contribution < -0.4 is 15.4 Å². The number of amides is 2. The maximum Gasteiger partial charge on any atom is 0.319 e. The third-order valence-electron chi connectivity index (χ3n) is 2.89. The van der Waals surface area contributed by atoms with Crippen LogP contribution in [-0.2, 0) is 6.54 Å². The minimum Gasteiger partial charge on any atom is -0.494 e. The van der Waals surface area contributed by atoms with E-state index in [1.54, 1.807) is 18.2 Å². The van der Waals surface area contributed by atoms with Crippen LogP contribution in [0.4, 0.5) is 10.5 Å². The van der Waals surface area contributed by atoms with Crippen LogP contribution in [-0.4, -0.2) is 12.6 Å². The summed E-state index contributed by atoms with van der Waals surface area (Å²) in [6.07, 6.45) is 0. The molecule has 0 saturated heterocycles. The van der Waals surface area contributed by atoms with Crippen LogP contribution in [0.2, 0.25) is 10.0 Å². The minimum absolute atomic E-state index is 0.320. The number of nitrogens with one attached hydrogen (secondary N) is 2. The molecule has 0 saturated carbocycles. The SMILES string of the molecule is CCOc1ccc(CNC(=O)Nc2cccc(Cl)c2Cl)cc1. The molecule has 0 aromatic heterocycles. The molecule has 0 unspecified atom stereocenters. The molecule has 2 aromatic carbocycles. The zero-order valence-corrected chi connectivity index (χ0v) is 13.5. The number of urea groups is 1. The van der Waals surface area contributed by atoms with Crippen LogP contribution in [0.15, 0.2) is 42.5 Å². The highest BCUT2D eigenvalue weighted by molar-refractivity contribution is 6.43. The van der Waals surface area contributed by atoms with Gasteiger partial charge in [-0.25, -0.2) is 4.79 Å². The molecule has 0 spiro atoms. The Morgan fingerprint density at radius 2 is 1.86 bits per heavy atom. The first-order valence-corrected chi connectivity index (χ1v) is 7.56. The highest BCUT2D eigenvalue weighted by Gasteiger charge is 2.07. The molecule has 4 nitrogen and oxygen atoms in total. The average molecular weight is 339 g/mol. The third-order valence-corrected chi connectivity index (χ3v) is 3.71. The number of anilines is 1. The summed E-state index contributed by atoms with van der Waals surface area (Å²) >= 11 is 11.9. The van der Waals surface area contributed by atoms with Crippen molar-refractivity contribution >= 4 is 34.9 Å². The van der Waals surface area contributed by atoms with Gasteiger partial charge in [-0.1, -0.05) is 41.4 Å². The minimum atomic E-state index is -0.349. The smallest absolute Gasteiger partial charge is 0.319 e. The van der Waals surface area contributed by atoms with Crippen molar-refractivity contribution in [1.29, 1.82) is 0 Å². The first-order chi connectivity index (χ1) is 10.6. The van der Waals surface area contributed by atoms with Gasteiger partial charge in [0.2, 0.25) is 0 Å². The number of rotatable bonds is 5. The molecule has 0 radical (unpaired) electrons. The topological polar surface area (TPSA) is 50.4 Å². The molecule has 2 rings (SSSR count). The predicted octanol–water partition coefficient (Wildman–Crippen LogP) is 4.71. The highest BCUT2D eigenvalue weighted by Crippen LogP contribution is 2.29. The molecule has 6 heteroatoms. The molecule has 116 valence electrons. The van der Waals surface area contributed by atoms with E-state index in [1.807, 2.05) is 31.2 Å². The number of hydrogen-bond donors (Lipinski definition) is 2. The number of benzene rings is 2. The Hall–Kier alpha value is -1.91. The van der Waals surface area contributed by atoms with Gasteiger partial charge in [0, 0.05) is 6.54 Å². The van der Waals surface area contributed by atoms with Crippen molar-refractivity contribution in [3.63, 3.8) is 0 Å². The predicted molar refractivity (Wildman–Crippen MR) is 89.9 cm³/mol. The molecular formula is C16H16Cl2N2O2. The Kier molecular flexibility index (Phi) is 5.92. The molecule has 0 bridgehead atoms. The molecular weight excluding hydrogens is 323 g/mol. The molecule has 22 heavy (non-hydrogen) atoms. The van der Waals surface area contributed by atoms with E-state index in [2.05, 4.69) is 10.6 Å². The molecule has 0 fully saturated rings. The zero-order chi connectivity index (χ0) is 15.9. The molecule has 0 aliphatic rings. The van der Waals surface area contributed by atoms with Gasteiger partial charge in [0.25, 0.3) is 0 Å². The van der Waals surface area contributed by atoms with Crippen molar-refractivity contribution in [2.75, 3.05) is 11.9 Å². The molecule has 2 N–H and O–H groups in total. The van der Waals surface area contributed by atoms with Gasteiger partial charge in [0.15, 0.2) is 0 Å². The first-order valence-electron chi connectivity index (χ1n) is 6.80.